The molecule has 1 fully saturated rings. The van der Waals surface area contributed by atoms with Crippen molar-refractivity contribution in [2.75, 3.05) is 6.61 Å². The van der Waals surface area contributed by atoms with Crippen molar-refractivity contribution < 1.29 is 4.74 Å². The van der Waals surface area contributed by atoms with E-state index < -0.39 is 0 Å². The fourth-order valence-corrected chi connectivity index (χ4v) is 3.42. The molecule has 0 saturated heterocycles. The second-order valence-electron chi connectivity index (χ2n) is 6.94. The summed E-state index contributed by atoms with van der Waals surface area (Å²) in [5, 5.41) is 3.72. The van der Waals surface area contributed by atoms with E-state index in [1.165, 1.54) is 76.2 Å². The first-order chi connectivity index (χ1) is 11.4. The van der Waals surface area contributed by atoms with E-state index in [1.807, 2.05) is 0 Å². The molecule has 0 bridgehead atoms. The Bertz CT molecular complexity index is 412. The number of unbranched alkanes of at least 4 members (excludes halogenated alkanes) is 5. The van der Waals surface area contributed by atoms with Crippen LogP contribution in [-0.2, 0) is 6.54 Å². The maximum Gasteiger partial charge on any atom is 0.123 e. The molecule has 0 aliphatic heterocycles. The van der Waals surface area contributed by atoms with Crippen LogP contribution in [0.15, 0.2) is 24.3 Å². The fourth-order valence-electron chi connectivity index (χ4n) is 3.42. The third kappa shape index (κ3) is 7.39. The zero-order chi connectivity index (χ0) is 16.2. The Kier molecular flexibility index (Phi) is 9.16. The highest BCUT2D eigenvalue weighted by molar-refractivity contribution is 5.33. The van der Waals surface area contributed by atoms with Crippen LogP contribution in [0.3, 0.4) is 0 Å². The van der Waals surface area contributed by atoms with E-state index in [-0.39, 0.29) is 0 Å². The molecule has 0 amide bonds. The Hall–Kier alpha value is -1.02. The van der Waals surface area contributed by atoms with Crippen molar-refractivity contribution in [1.29, 1.82) is 0 Å². The van der Waals surface area contributed by atoms with E-state index in [4.69, 9.17) is 4.74 Å². The first-order valence-electron chi connectivity index (χ1n) is 9.84. The molecule has 1 aliphatic rings. The molecule has 1 saturated carbocycles. The van der Waals surface area contributed by atoms with Gasteiger partial charge in [-0.05, 0) is 25.3 Å². The molecule has 1 aromatic rings. The molecule has 0 heterocycles. The maximum atomic E-state index is 6.04. The van der Waals surface area contributed by atoms with Gasteiger partial charge in [-0.1, -0.05) is 76.5 Å². The van der Waals surface area contributed by atoms with Gasteiger partial charge in [0.05, 0.1) is 6.61 Å². The Balaban J connectivity index is 1.67. The van der Waals surface area contributed by atoms with E-state index in [9.17, 15) is 0 Å². The second-order valence-corrected chi connectivity index (χ2v) is 6.94. The predicted octanol–water partition coefficient (Wildman–Crippen LogP) is 5.85. The van der Waals surface area contributed by atoms with Crippen LogP contribution in [0.25, 0.3) is 0 Å². The van der Waals surface area contributed by atoms with Crippen LogP contribution in [0, 0.1) is 0 Å². The van der Waals surface area contributed by atoms with Crippen LogP contribution in [0.2, 0.25) is 0 Å². The van der Waals surface area contributed by atoms with E-state index in [1.54, 1.807) is 0 Å². The minimum Gasteiger partial charge on any atom is -0.493 e. The molecule has 1 aliphatic carbocycles. The van der Waals surface area contributed by atoms with Crippen molar-refractivity contribution in [1.82, 2.24) is 5.32 Å². The molecule has 0 atom stereocenters. The average molecular weight is 318 g/mol. The van der Waals surface area contributed by atoms with Crippen molar-refractivity contribution in [3.05, 3.63) is 29.8 Å². The molecule has 2 heteroatoms. The Morgan fingerprint density at radius 3 is 2.52 bits per heavy atom. The Morgan fingerprint density at radius 1 is 0.957 bits per heavy atom. The van der Waals surface area contributed by atoms with Gasteiger partial charge < -0.3 is 10.1 Å². The van der Waals surface area contributed by atoms with Crippen molar-refractivity contribution >= 4 is 0 Å². The van der Waals surface area contributed by atoms with Gasteiger partial charge in [0.15, 0.2) is 0 Å². The van der Waals surface area contributed by atoms with Gasteiger partial charge in [-0.3, -0.25) is 0 Å². The van der Waals surface area contributed by atoms with Gasteiger partial charge in [0, 0.05) is 18.2 Å². The number of rotatable bonds is 11. The molecule has 1 aromatic carbocycles. The first-order valence-corrected chi connectivity index (χ1v) is 9.84. The molecule has 1 N–H and O–H groups in total. The Morgan fingerprint density at radius 2 is 1.70 bits per heavy atom. The summed E-state index contributed by atoms with van der Waals surface area (Å²) in [4.78, 5) is 0. The van der Waals surface area contributed by atoms with Crippen LogP contribution in [-0.4, -0.2) is 12.6 Å². The first kappa shape index (κ1) is 18.3. The lowest BCUT2D eigenvalue weighted by molar-refractivity contribution is 0.298. The quantitative estimate of drug-likeness (QED) is 0.517. The third-order valence-electron chi connectivity index (χ3n) is 4.91. The van der Waals surface area contributed by atoms with Crippen LogP contribution in [0.4, 0.5) is 0 Å². The molecular formula is C21H35NO. The molecule has 0 radical (unpaired) electrons. The molecule has 0 aromatic heterocycles. The van der Waals surface area contributed by atoms with Crippen LogP contribution < -0.4 is 10.1 Å². The molecule has 2 rings (SSSR count). The number of nitrogens with one attached hydrogen (secondary N) is 1. The summed E-state index contributed by atoms with van der Waals surface area (Å²) < 4.78 is 6.04. The van der Waals surface area contributed by atoms with E-state index >= 15 is 0 Å². The van der Waals surface area contributed by atoms with Crippen molar-refractivity contribution in [3.63, 3.8) is 0 Å². The third-order valence-corrected chi connectivity index (χ3v) is 4.91. The van der Waals surface area contributed by atoms with Gasteiger partial charge in [0.2, 0.25) is 0 Å². The number of benzene rings is 1. The molecule has 0 spiro atoms. The van der Waals surface area contributed by atoms with Crippen molar-refractivity contribution in [3.8, 4) is 5.75 Å². The zero-order valence-corrected chi connectivity index (χ0v) is 15.0. The molecular weight excluding hydrogens is 282 g/mol. The molecule has 0 unspecified atom stereocenters. The average Bonchev–Trinajstić information content (AvgIpc) is 2.61. The van der Waals surface area contributed by atoms with E-state index in [0.29, 0.717) is 6.04 Å². The van der Waals surface area contributed by atoms with Crippen LogP contribution in [0.1, 0.15) is 83.1 Å². The van der Waals surface area contributed by atoms with Gasteiger partial charge in [0.25, 0.3) is 0 Å². The number of hydrogen-bond acceptors (Lipinski definition) is 2. The van der Waals surface area contributed by atoms with Gasteiger partial charge >= 0.3 is 0 Å². The minimum atomic E-state index is 0.704. The van der Waals surface area contributed by atoms with Gasteiger partial charge in [-0.15, -0.1) is 0 Å². The Labute approximate surface area is 143 Å². The summed E-state index contributed by atoms with van der Waals surface area (Å²) in [7, 11) is 0. The van der Waals surface area contributed by atoms with Gasteiger partial charge in [0.1, 0.15) is 5.75 Å². The summed E-state index contributed by atoms with van der Waals surface area (Å²) in [5.74, 6) is 1.07. The topological polar surface area (TPSA) is 21.3 Å². The van der Waals surface area contributed by atoms with Crippen LogP contribution in [0.5, 0.6) is 5.75 Å². The maximum absolute atomic E-state index is 6.04. The van der Waals surface area contributed by atoms with Gasteiger partial charge in [-0.25, -0.2) is 0 Å². The number of ether oxygens (including phenoxy) is 1. The molecule has 130 valence electrons. The highest BCUT2D eigenvalue weighted by Gasteiger charge is 2.13. The highest BCUT2D eigenvalue weighted by Crippen LogP contribution is 2.21. The summed E-state index contributed by atoms with van der Waals surface area (Å²) in [6.45, 7) is 4.06. The normalized spacial score (nSPS) is 15.7. The highest BCUT2D eigenvalue weighted by atomic mass is 16.5. The molecule has 2 nitrogen and oxygen atoms in total. The summed E-state index contributed by atoms with van der Waals surface area (Å²) in [5.41, 5.74) is 1.31. The standard InChI is InChI=1S/C21H35NO/c1-2-3-4-5-6-12-17-23-21-16-11-10-13-19(21)18-22-20-14-8-7-9-15-20/h10-11,13,16,20,22H,2-9,12,14-15,17-18H2,1H3. The number of para-hydroxylation sites is 1. The van der Waals surface area contributed by atoms with E-state index in [2.05, 4.69) is 36.5 Å². The lowest BCUT2D eigenvalue weighted by Gasteiger charge is -2.23. The fraction of sp³-hybridized carbons (Fsp3) is 0.714. The monoisotopic (exact) mass is 317 g/mol. The largest absolute Gasteiger partial charge is 0.493 e. The smallest absolute Gasteiger partial charge is 0.123 e. The minimum absolute atomic E-state index is 0.704. The SMILES string of the molecule is CCCCCCCCOc1ccccc1CNC1CCCCC1. The van der Waals surface area contributed by atoms with Crippen molar-refractivity contribution in [2.24, 2.45) is 0 Å². The second kappa shape index (κ2) is 11.5. The molecule has 23 heavy (non-hydrogen) atoms. The summed E-state index contributed by atoms with van der Waals surface area (Å²) in [6, 6.07) is 9.23. The number of hydrogen-bond donors (Lipinski definition) is 1. The zero-order valence-electron chi connectivity index (χ0n) is 15.0. The van der Waals surface area contributed by atoms with Crippen molar-refractivity contribution in [2.45, 2.75) is 90.1 Å². The summed E-state index contributed by atoms with van der Waals surface area (Å²) in [6.07, 6.45) is 14.7. The van der Waals surface area contributed by atoms with E-state index in [0.717, 1.165) is 18.9 Å². The predicted molar refractivity (Wildman–Crippen MR) is 99.0 cm³/mol. The van der Waals surface area contributed by atoms with Crippen LogP contribution >= 0.6 is 0 Å². The van der Waals surface area contributed by atoms with Gasteiger partial charge in [-0.2, -0.15) is 0 Å². The lowest BCUT2D eigenvalue weighted by Crippen LogP contribution is -2.30. The summed E-state index contributed by atoms with van der Waals surface area (Å²) >= 11 is 0. The lowest BCUT2D eigenvalue weighted by atomic mass is 9.95.